The average molecular weight is 352 g/mol. The molecule has 0 saturated heterocycles. The van der Waals surface area contributed by atoms with Gasteiger partial charge in [-0.15, -0.1) is 0 Å². The molecular formula is C19H28O6. The standard InChI is InChI=1S/C19H28O6/c1-21-12-24-16-8-9-17(18(11-16)25-13-22-2)15-6-4-14(5-7-15)10-19(20)23-3/h8-9,11,14-15H,4-7,10,12-13H2,1-3H3. The molecule has 0 atom stereocenters. The molecule has 0 aromatic heterocycles. The van der Waals surface area contributed by atoms with Crippen molar-refractivity contribution in [3.8, 4) is 11.5 Å². The van der Waals surface area contributed by atoms with E-state index in [-0.39, 0.29) is 19.6 Å². The molecule has 0 amide bonds. The highest BCUT2D eigenvalue weighted by Crippen LogP contribution is 2.41. The van der Waals surface area contributed by atoms with E-state index in [9.17, 15) is 4.79 Å². The number of esters is 1. The minimum atomic E-state index is -0.118. The Morgan fingerprint density at radius 2 is 1.68 bits per heavy atom. The zero-order valence-electron chi connectivity index (χ0n) is 15.3. The van der Waals surface area contributed by atoms with Crippen molar-refractivity contribution in [3.05, 3.63) is 23.8 Å². The monoisotopic (exact) mass is 352 g/mol. The molecule has 0 spiro atoms. The van der Waals surface area contributed by atoms with Gasteiger partial charge in [-0.2, -0.15) is 0 Å². The maximum absolute atomic E-state index is 11.4. The Hall–Kier alpha value is -1.79. The summed E-state index contributed by atoms with van der Waals surface area (Å²) in [6.07, 6.45) is 4.61. The molecule has 1 aromatic carbocycles. The largest absolute Gasteiger partial charge is 0.469 e. The Kier molecular flexibility index (Phi) is 8.01. The highest BCUT2D eigenvalue weighted by atomic mass is 16.7. The lowest BCUT2D eigenvalue weighted by Gasteiger charge is -2.29. The van der Waals surface area contributed by atoms with E-state index in [4.69, 9.17) is 23.7 Å². The number of carbonyl (C=O) groups excluding carboxylic acids is 1. The second kappa shape index (κ2) is 10.3. The van der Waals surface area contributed by atoms with Crippen molar-refractivity contribution >= 4 is 5.97 Å². The lowest BCUT2D eigenvalue weighted by atomic mass is 9.77. The van der Waals surface area contributed by atoms with E-state index in [0.29, 0.717) is 24.0 Å². The summed E-state index contributed by atoms with van der Waals surface area (Å²) in [6.45, 7) is 0.389. The van der Waals surface area contributed by atoms with Gasteiger partial charge in [-0.3, -0.25) is 4.79 Å². The normalized spacial score (nSPS) is 20.1. The minimum absolute atomic E-state index is 0.118. The molecule has 0 aliphatic heterocycles. The molecule has 140 valence electrons. The van der Waals surface area contributed by atoms with E-state index in [1.807, 2.05) is 12.1 Å². The summed E-state index contributed by atoms with van der Waals surface area (Å²) in [7, 11) is 4.63. The van der Waals surface area contributed by atoms with Crippen molar-refractivity contribution in [2.24, 2.45) is 5.92 Å². The Bertz CT molecular complexity index is 537. The maximum Gasteiger partial charge on any atom is 0.305 e. The predicted octanol–water partition coefficient (Wildman–Crippen LogP) is 3.49. The van der Waals surface area contributed by atoms with Gasteiger partial charge in [-0.25, -0.2) is 0 Å². The van der Waals surface area contributed by atoms with Gasteiger partial charge >= 0.3 is 5.97 Å². The van der Waals surface area contributed by atoms with Crippen LogP contribution in [0.5, 0.6) is 11.5 Å². The van der Waals surface area contributed by atoms with Crippen molar-refractivity contribution in [2.75, 3.05) is 34.9 Å². The molecule has 1 saturated carbocycles. The first-order valence-electron chi connectivity index (χ1n) is 8.62. The number of rotatable bonds is 9. The fourth-order valence-corrected chi connectivity index (χ4v) is 3.31. The molecule has 0 N–H and O–H groups in total. The van der Waals surface area contributed by atoms with E-state index in [1.165, 1.54) is 12.7 Å². The number of benzene rings is 1. The lowest BCUT2D eigenvalue weighted by Crippen LogP contribution is -2.18. The van der Waals surface area contributed by atoms with Crippen LogP contribution in [0.4, 0.5) is 0 Å². The van der Waals surface area contributed by atoms with Crippen molar-refractivity contribution in [3.63, 3.8) is 0 Å². The Labute approximate surface area is 149 Å². The molecule has 1 aliphatic carbocycles. The van der Waals surface area contributed by atoms with Crippen LogP contribution in [-0.2, 0) is 19.0 Å². The van der Waals surface area contributed by atoms with Crippen LogP contribution >= 0.6 is 0 Å². The molecule has 6 heteroatoms. The quantitative estimate of drug-likeness (QED) is 0.501. The average Bonchev–Trinajstić information content (AvgIpc) is 2.65. The molecule has 0 heterocycles. The third kappa shape index (κ3) is 5.90. The van der Waals surface area contributed by atoms with Crippen LogP contribution in [0.1, 0.15) is 43.6 Å². The Morgan fingerprint density at radius 1 is 1.00 bits per heavy atom. The molecule has 0 radical (unpaired) electrons. The van der Waals surface area contributed by atoms with E-state index in [1.54, 1.807) is 14.2 Å². The van der Waals surface area contributed by atoms with E-state index in [0.717, 1.165) is 31.4 Å². The van der Waals surface area contributed by atoms with Crippen LogP contribution in [0, 0.1) is 5.92 Å². The fraction of sp³-hybridized carbons (Fsp3) is 0.632. The van der Waals surface area contributed by atoms with E-state index < -0.39 is 0 Å². The molecule has 0 bridgehead atoms. The Balaban J connectivity index is 2.03. The molecular weight excluding hydrogens is 324 g/mol. The molecule has 25 heavy (non-hydrogen) atoms. The van der Waals surface area contributed by atoms with Crippen molar-refractivity contribution in [1.29, 1.82) is 0 Å². The summed E-state index contributed by atoms with van der Waals surface area (Å²) in [4.78, 5) is 11.4. The van der Waals surface area contributed by atoms with Gasteiger partial charge in [0, 0.05) is 26.7 Å². The van der Waals surface area contributed by atoms with E-state index in [2.05, 4.69) is 6.07 Å². The van der Waals surface area contributed by atoms with Crippen LogP contribution in [0.25, 0.3) is 0 Å². The number of hydrogen-bond acceptors (Lipinski definition) is 6. The number of hydrogen-bond donors (Lipinski definition) is 0. The highest BCUT2D eigenvalue weighted by Gasteiger charge is 2.26. The fourth-order valence-electron chi connectivity index (χ4n) is 3.31. The summed E-state index contributed by atoms with van der Waals surface area (Å²) in [6, 6.07) is 5.88. The second-order valence-electron chi connectivity index (χ2n) is 6.30. The van der Waals surface area contributed by atoms with Gasteiger partial charge in [-0.1, -0.05) is 6.07 Å². The second-order valence-corrected chi connectivity index (χ2v) is 6.30. The molecule has 6 nitrogen and oxygen atoms in total. The number of carbonyl (C=O) groups is 1. The zero-order chi connectivity index (χ0) is 18.1. The van der Waals surface area contributed by atoms with Crippen LogP contribution in [0.15, 0.2) is 18.2 Å². The van der Waals surface area contributed by atoms with Gasteiger partial charge in [0.1, 0.15) is 11.5 Å². The minimum Gasteiger partial charge on any atom is -0.469 e. The third-order valence-electron chi connectivity index (χ3n) is 4.63. The molecule has 1 fully saturated rings. The molecule has 1 aliphatic rings. The van der Waals surface area contributed by atoms with Gasteiger partial charge in [0.05, 0.1) is 7.11 Å². The van der Waals surface area contributed by atoms with Crippen LogP contribution in [-0.4, -0.2) is 40.9 Å². The highest BCUT2D eigenvalue weighted by molar-refractivity contribution is 5.69. The first kappa shape index (κ1) is 19.5. The van der Waals surface area contributed by atoms with E-state index >= 15 is 0 Å². The zero-order valence-corrected chi connectivity index (χ0v) is 15.3. The van der Waals surface area contributed by atoms with Crippen LogP contribution < -0.4 is 9.47 Å². The lowest BCUT2D eigenvalue weighted by molar-refractivity contribution is -0.142. The van der Waals surface area contributed by atoms with Gasteiger partial charge in [-0.05, 0) is 49.1 Å². The Morgan fingerprint density at radius 3 is 2.32 bits per heavy atom. The summed E-state index contributed by atoms with van der Waals surface area (Å²) >= 11 is 0. The maximum atomic E-state index is 11.4. The number of methoxy groups -OCH3 is 3. The smallest absolute Gasteiger partial charge is 0.305 e. The summed E-state index contributed by atoms with van der Waals surface area (Å²) < 4.78 is 26.0. The van der Waals surface area contributed by atoms with Crippen molar-refractivity contribution < 1.29 is 28.5 Å². The predicted molar refractivity (Wildman–Crippen MR) is 92.8 cm³/mol. The summed E-state index contributed by atoms with van der Waals surface area (Å²) in [5.74, 6) is 2.20. The molecule has 1 aromatic rings. The summed E-state index contributed by atoms with van der Waals surface area (Å²) in [5, 5.41) is 0. The number of ether oxygens (including phenoxy) is 5. The van der Waals surface area contributed by atoms with Crippen LogP contribution in [0.2, 0.25) is 0 Å². The third-order valence-corrected chi connectivity index (χ3v) is 4.63. The van der Waals surface area contributed by atoms with Gasteiger partial charge in [0.2, 0.25) is 0 Å². The van der Waals surface area contributed by atoms with Gasteiger partial charge in [0.25, 0.3) is 0 Å². The van der Waals surface area contributed by atoms with Crippen molar-refractivity contribution in [2.45, 2.75) is 38.0 Å². The molecule has 2 rings (SSSR count). The topological polar surface area (TPSA) is 63.2 Å². The first-order chi connectivity index (χ1) is 12.2. The van der Waals surface area contributed by atoms with Crippen LogP contribution in [0.3, 0.4) is 0 Å². The SMILES string of the molecule is COCOc1ccc(C2CCC(CC(=O)OC)CC2)c(OCOC)c1. The summed E-state index contributed by atoms with van der Waals surface area (Å²) in [5.41, 5.74) is 1.17. The van der Waals surface area contributed by atoms with Gasteiger partial charge < -0.3 is 23.7 Å². The molecule has 0 unspecified atom stereocenters. The van der Waals surface area contributed by atoms with Crippen molar-refractivity contribution in [1.82, 2.24) is 0 Å². The first-order valence-corrected chi connectivity index (χ1v) is 8.62. The van der Waals surface area contributed by atoms with Gasteiger partial charge in [0.15, 0.2) is 13.6 Å².